The molecule has 90 valence electrons. The van der Waals surface area contributed by atoms with Gasteiger partial charge in [0, 0.05) is 18.2 Å². The third kappa shape index (κ3) is 2.52. The molecule has 0 spiro atoms. The monoisotopic (exact) mass is 223 g/mol. The highest BCUT2D eigenvalue weighted by Gasteiger charge is 2.32. The van der Waals surface area contributed by atoms with Crippen molar-refractivity contribution in [2.75, 3.05) is 6.54 Å². The minimum Gasteiger partial charge on any atom is -0.275 e. The minimum absolute atomic E-state index is 0.128. The van der Waals surface area contributed by atoms with Crippen LogP contribution in [0.3, 0.4) is 0 Å². The first-order chi connectivity index (χ1) is 7.34. The summed E-state index contributed by atoms with van der Waals surface area (Å²) in [5, 5.41) is 0. The Morgan fingerprint density at radius 1 is 1.12 bits per heavy atom. The summed E-state index contributed by atoms with van der Waals surface area (Å²) >= 11 is 0. The van der Waals surface area contributed by atoms with E-state index in [-0.39, 0.29) is 11.8 Å². The molecular weight excluding hydrogens is 202 g/mol. The van der Waals surface area contributed by atoms with E-state index in [9.17, 15) is 9.59 Å². The Hall–Kier alpha value is -1.12. The van der Waals surface area contributed by atoms with Gasteiger partial charge in [-0.3, -0.25) is 14.5 Å². The Kier molecular flexibility index (Phi) is 3.89. The minimum atomic E-state index is -0.159. The van der Waals surface area contributed by atoms with Crippen LogP contribution >= 0.6 is 0 Å². The van der Waals surface area contributed by atoms with Crippen molar-refractivity contribution in [3.05, 3.63) is 11.6 Å². The summed E-state index contributed by atoms with van der Waals surface area (Å²) in [6.45, 7) is 10.8. The lowest BCUT2D eigenvalue weighted by atomic mass is 9.85. The van der Waals surface area contributed by atoms with Crippen LogP contribution in [0.1, 0.15) is 34.6 Å². The van der Waals surface area contributed by atoms with E-state index in [1.165, 1.54) is 11.0 Å². The molecule has 1 heterocycles. The predicted octanol–water partition coefficient (Wildman–Crippen LogP) is 2.23. The van der Waals surface area contributed by atoms with Crippen LogP contribution in [0, 0.1) is 17.8 Å². The zero-order valence-electron chi connectivity index (χ0n) is 10.8. The molecule has 0 unspecified atom stereocenters. The van der Waals surface area contributed by atoms with Crippen LogP contribution in [-0.2, 0) is 9.59 Å². The highest BCUT2D eigenvalue weighted by molar-refractivity contribution is 6.15. The van der Waals surface area contributed by atoms with Crippen LogP contribution in [0.15, 0.2) is 11.6 Å². The molecule has 0 aromatic carbocycles. The van der Waals surface area contributed by atoms with Gasteiger partial charge in [-0.2, -0.15) is 0 Å². The highest BCUT2D eigenvalue weighted by Crippen LogP contribution is 2.24. The Labute approximate surface area is 97.5 Å². The van der Waals surface area contributed by atoms with E-state index < -0.39 is 0 Å². The Morgan fingerprint density at radius 2 is 1.62 bits per heavy atom. The third-order valence-corrected chi connectivity index (χ3v) is 3.29. The summed E-state index contributed by atoms with van der Waals surface area (Å²) in [5.74, 6) is 1.03. The van der Waals surface area contributed by atoms with Gasteiger partial charge in [0.1, 0.15) is 0 Å². The van der Waals surface area contributed by atoms with E-state index in [0.717, 1.165) is 0 Å². The number of carbonyl (C=O) groups is 2. The largest absolute Gasteiger partial charge is 0.275 e. The molecule has 0 atom stereocenters. The molecule has 0 aromatic heterocycles. The van der Waals surface area contributed by atoms with Crippen molar-refractivity contribution in [3.63, 3.8) is 0 Å². The number of amides is 2. The van der Waals surface area contributed by atoms with Gasteiger partial charge >= 0.3 is 0 Å². The normalized spacial score (nSPS) is 17.0. The molecule has 0 saturated carbocycles. The quantitative estimate of drug-likeness (QED) is 0.685. The standard InChI is InChI=1S/C13H21NO2/c1-8(2)11(9(3)4)7-14-12(15)6-10(5)13(14)16/h6,8-9,11H,7H2,1-5H3. The van der Waals surface area contributed by atoms with Crippen LogP contribution in [0.4, 0.5) is 0 Å². The van der Waals surface area contributed by atoms with Crippen LogP contribution in [0.25, 0.3) is 0 Å². The maximum atomic E-state index is 11.7. The zero-order chi connectivity index (χ0) is 12.5. The average Bonchev–Trinajstić information content (AvgIpc) is 2.38. The van der Waals surface area contributed by atoms with Crippen molar-refractivity contribution in [2.24, 2.45) is 17.8 Å². The molecule has 3 nitrogen and oxygen atoms in total. The van der Waals surface area contributed by atoms with Gasteiger partial charge in [0.25, 0.3) is 11.8 Å². The Balaban J connectivity index is 2.74. The second-order valence-corrected chi connectivity index (χ2v) is 5.23. The maximum absolute atomic E-state index is 11.7. The van der Waals surface area contributed by atoms with Crippen molar-refractivity contribution in [2.45, 2.75) is 34.6 Å². The molecule has 1 aliphatic rings. The summed E-state index contributed by atoms with van der Waals surface area (Å²) in [6, 6.07) is 0. The lowest BCUT2D eigenvalue weighted by Gasteiger charge is -2.28. The smallest absolute Gasteiger partial charge is 0.256 e. The number of nitrogens with zero attached hydrogens (tertiary/aromatic N) is 1. The molecule has 0 N–H and O–H groups in total. The van der Waals surface area contributed by atoms with Gasteiger partial charge in [-0.25, -0.2) is 0 Å². The Morgan fingerprint density at radius 3 is 1.94 bits per heavy atom. The Bertz CT molecular complexity index is 321. The van der Waals surface area contributed by atoms with E-state index in [1.54, 1.807) is 6.92 Å². The van der Waals surface area contributed by atoms with Crippen LogP contribution in [-0.4, -0.2) is 23.3 Å². The number of rotatable bonds is 4. The van der Waals surface area contributed by atoms with E-state index in [1.807, 2.05) is 0 Å². The molecule has 2 amide bonds. The highest BCUT2D eigenvalue weighted by atomic mass is 16.2. The van der Waals surface area contributed by atoms with E-state index in [0.29, 0.717) is 29.9 Å². The first kappa shape index (κ1) is 12.9. The topological polar surface area (TPSA) is 37.4 Å². The fourth-order valence-corrected chi connectivity index (χ4v) is 2.21. The van der Waals surface area contributed by atoms with Crippen molar-refractivity contribution in [1.29, 1.82) is 0 Å². The van der Waals surface area contributed by atoms with Crippen molar-refractivity contribution >= 4 is 11.8 Å². The third-order valence-electron chi connectivity index (χ3n) is 3.29. The van der Waals surface area contributed by atoms with Crippen LogP contribution in [0.5, 0.6) is 0 Å². The molecule has 1 rings (SSSR count). The zero-order valence-corrected chi connectivity index (χ0v) is 10.8. The fourth-order valence-electron chi connectivity index (χ4n) is 2.21. The summed E-state index contributed by atoms with van der Waals surface area (Å²) in [4.78, 5) is 24.7. The van der Waals surface area contributed by atoms with Gasteiger partial charge in [0.05, 0.1) is 0 Å². The molecule has 1 aliphatic heterocycles. The summed E-state index contributed by atoms with van der Waals surface area (Å²) < 4.78 is 0. The lowest BCUT2D eigenvalue weighted by Crippen LogP contribution is -2.38. The molecular formula is C13H21NO2. The van der Waals surface area contributed by atoms with E-state index in [2.05, 4.69) is 27.7 Å². The first-order valence-electron chi connectivity index (χ1n) is 5.88. The van der Waals surface area contributed by atoms with E-state index >= 15 is 0 Å². The molecule has 3 heteroatoms. The van der Waals surface area contributed by atoms with E-state index in [4.69, 9.17) is 0 Å². The number of hydrogen-bond donors (Lipinski definition) is 0. The number of imide groups is 1. The van der Waals surface area contributed by atoms with Gasteiger partial charge < -0.3 is 0 Å². The lowest BCUT2D eigenvalue weighted by molar-refractivity contribution is -0.138. The predicted molar refractivity (Wildman–Crippen MR) is 63.6 cm³/mol. The number of hydrogen-bond acceptors (Lipinski definition) is 2. The summed E-state index contributed by atoms with van der Waals surface area (Å²) in [6.07, 6.45) is 1.43. The second-order valence-electron chi connectivity index (χ2n) is 5.23. The molecule has 0 aliphatic carbocycles. The molecule has 0 saturated heterocycles. The first-order valence-corrected chi connectivity index (χ1v) is 5.88. The second kappa shape index (κ2) is 4.81. The molecule has 0 bridgehead atoms. The molecule has 0 radical (unpaired) electrons. The summed E-state index contributed by atoms with van der Waals surface area (Å²) in [7, 11) is 0. The molecule has 16 heavy (non-hydrogen) atoms. The van der Waals surface area contributed by atoms with Crippen molar-refractivity contribution in [1.82, 2.24) is 4.90 Å². The maximum Gasteiger partial charge on any atom is 0.256 e. The van der Waals surface area contributed by atoms with Gasteiger partial charge in [0.15, 0.2) is 0 Å². The SMILES string of the molecule is CC1=CC(=O)N(CC(C(C)C)C(C)C)C1=O. The summed E-state index contributed by atoms with van der Waals surface area (Å²) in [5.41, 5.74) is 0.552. The molecule has 0 fully saturated rings. The van der Waals surface area contributed by atoms with Gasteiger partial charge in [0.2, 0.25) is 0 Å². The van der Waals surface area contributed by atoms with Crippen molar-refractivity contribution in [3.8, 4) is 0 Å². The average molecular weight is 223 g/mol. The fraction of sp³-hybridized carbons (Fsp3) is 0.692. The van der Waals surface area contributed by atoms with Gasteiger partial charge in [-0.05, 0) is 24.7 Å². The van der Waals surface area contributed by atoms with Crippen LogP contribution < -0.4 is 0 Å². The molecule has 0 aromatic rings. The van der Waals surface area contributed by atoms with Gasteiger partial charge in [-0.15, -0.1) is 0 Å². The number of carbonyl (C=O) groups excluding carboxylic acids is 2. The van der Waals surface area contributed by atoms with Gasteiger partial charge in [-0.1, -0.05) is 27.7 Å². The van der Waals surface area contributed by atoms with Crippen LogP contribution in [0.2, 0.25) is 0 Å². The van der Waals surface area contributed by atoms with Crippen molar-refractivity contribution < 1.29 is 9.59 Å².